The minimum Gasteiger partial charge on any atom is -0.378 e. The Labute approximate surface area is 176 Å². The number of carbonyl (C=O) groups is 1. The molecule has 0 atom stereocenters. The van der Waals surface area contributed by atoms with E-state index in [0.29, 0.717) is 19.5 Å². The van der Waals surface area contributed by atoms with Gasteiger partial charge in [0, 0.05) is 57.6 Å². The van der Waals surface area contributed by atoms with Gasteiger partial charge in [0.25, 0.3) is 0 Å². The molecule has 1 amide bonds. The second kappa shape index (κ2) is 13.0. The Kier molecular flexibility index (Phi) is 10.3. The molecular formula is C25H37N3O. The first kappa shape index (κ1) is 22.9. The van der Waals surface area contributed by atoms with E-state index in [9.17, 15) is 4.79 Å². The van der Waals surface area contributed by atoms with Crippen molar-refractivity contribution in [3.8, 4) is 0 Å². The van der Waals surface area contributed by atoms with Gasteiger partial charge in [-0.2, -0.15) is 0 Å². The fourth-order valence-corrected chi connectivity index (χ4v) is 3.42. The van der Waals surface area contributed by atoms with E-state index < -0.39 is 0 Å². The van der Waals surface area contributed by atoms with Crippen LogP contribution >= 0.6 is 0 Å². The molecule has 0 saturated heterocycles. The monoisotopic (exact) mass is 395 g/mol. The maximum Gasteiger partial charge on any atom is 0.222 e. The first-order valence-electron chi connectivity index (χ1n) is 11.0. The lowest BCUT2D eigenvalue weighted by atomic mass is 10.1. The molecule has 0 spiro atoms. The summed E-state index contributed by atoms with van der Waals surface area (Å²) in [4.78, 5) is 21.4. The number of hydrogen-bond donors (Lipinski definition) is 0. The molecule has 4 heteroatoms. The second-order valence-corrected chi connectivity index (χ2v) is 7.97. The maximum atomic E-state index is 12.9. The first-order valence-corrected chi connectivity index (χ1v) is 11.0. The van der Waals surface area contributed by atoms with Crippen molar-refractivity contribution >= 4 is 11.6 Å². The van der Waals surface area contributed by atoms with Crippen LogP contribution in [0.2, 0.25) is 0 Å². The molecule has 158 valence electrons. The van der Waals surface area contributed by atoms with Crippen molar-refractivity contribution in [2.24, 2.45) is 0 Å². The fraction of sp³-hybridized carbons (Fsp3) is 0.520. The molecule has 0 bridgehead atoms. The van der Waals surface area contributed by atoms with Gasteiger partial charge in [0.05, 0.1) is 0 Å². The molecule has 1 aromatic heterocycles. The number of anilines is 1. The molecule has 0 unspecified atom stereocenters. The standard InChI is InChI=1S/C25H37N3O/c1-4-5-6-7-8-9-13-25(29)28(20-18-23-12-10-11-19-26-23)21-22-14-16-24(17-15-22)27(2)3/h10-12,14-17,19H,4-9,13,18,20-21H2,1-3H3. The highest BCUT2D eigenvalue weighted by Crippen LogP contribution is 2.16. The van der Waals surface area contributed by atoms with E-state index in [1.807, 2.05) is 43.4 Å². The first-order chi connectivity index (χ1) is 14.1. The molecule has 0 radical (unpaired) electrons. The van der Waals surface area contributed by atoms with Crippen molar-refractivity contribution in [2.75, 3.05) is 25.5 Å². The lowest BCUT2D eigenvalue weighted by Gasteiger charge is -2.23. The molecule has 1 heterocycles. The molecule has 2 aromatic rings. The van der Waals surface area contributed by atoms with Crippen molar-refractivity contribution in [1.82, 2.24) is 9.88 Å². The maximum absolute atomic E-state index is 12.9. The largest absolute Gasteiger partial charge is 0.378 e. The van der Waals surface area contributed by atoms with Crippen LogP contribution in [0.1, 0.15) is 63.1 Å². The highest BCUT2D eigenvalue weighted by molar-refractivity contribution is 5.76. The zero-order valence-corrected chi connectivity index (χ0v) is 18.4. The van der Waals surface area contributed by atoms with Gasteiger partial charge in [-0.15, -0.1) is 0 Å². The smallest absolute Gasteiger partial charge is 0.222 e. The Balaban J connectivity index is 1.93. The summed E-state index contributed by atoms with van der Waals surface area (Å²) in [5.41, 5.74) is 3.38. The average Bonchev–Trinajstić information content (AvgIpc) is 2.74. The Morgan fingerprint density at radius 3 is 2.31 bits per heavy atom. The van der Waals surface area contributed by atoms with Crippen LogP contribution in [0.5, 0.6) is 0 Å². The number of rotatable bonds is 13. The Bertz CT molecular complexity index is 698. The Morgan fingerprint density at radius 2 is 1.66 bits per heavy atom. The lowest BCUT2D eigenvalue weighted by molar-refractivity contribution is -0.131. The Morgan fingerprint density at radius 1 is 0.931 bits per heavy atom. The van der Waals surface area contributed by atoms with Crippen LogP contribution in [-0.2, 0) is 17.8 Å². The summed E-state index contributed by atoms with van der Waals surface area (Å²) < 4.78 is 0. The molecule has 2 rings (SSSR count). The van der Waals surface area contributed by atoms with Gasteiger partial charge < -0.3 is 9.80 Å². The van der Waals surface area contributed by atoms with E-state index in [-0.39, 0.29) is 5.91 Å². The lowest BCUT2D eigenvalue weighted by Crippen LogP contribution is -2.32. The SMILES string of the molecule is CCCCCCCCC(=O)N(CCc1ccccn1)Cc1ccc(N(C)C)cc1. The van der Waals surface area contributed by atoms with E-state index in [0.717, 1.165) is 25.0 Å². The van der Waals surface area contributed by atoms with Crippen LogP contribution in [0.15, 0.2) is 48.7 Å². The topological polar surface area (TPSA) is 36.4 Å². The summed E-state index contributed by atoms with van der Waals surface area (Å²) in [6.45, 7) is 3.60. The molecule has 0 fully saturated rings. The third-order valence-electron chi connectivity index (χ3n) is 5.29. The predicted octanol–water partition coefficient (Wildman–Crippen LogP) is 5.47. The highest BCUT2D eigenvalue weighted by atomic mass is 16.2. The van der Waals surface area contributed by atoms with Gasteiger partial charge in [0.2, 0.25) is 5.91 Å². The van der Waals surface area contributed by atoms with E-state index >= 15 is 0 Å². The molecule has 4 nitrogen and oxygen atoms in total. The fourth-order valence-electron chi connectivity index (χ4n) is 3.42. The van der Waals surface area contributed by atoms with E-state index in [2.05, 4.69) is 41.1 Å². The van der Waals surface area contributed by atoms with Crippen LogP contribution in [0, 0.1) is 0 Å². The molecular weight excluding hydrogens is 358 g/mol. The van der Waals surface area contributed by atoms with Crippen molar-refractivity contribution in [3.63, 3.8) is 0 Å². The van der Waals surface area contributed by atoms with Gasteiger partial charge in [-0.25, -0.2) is 0 Å². The van der Waals surface area contributed by atoms with Crippen LogP contribution < -0.4 is 4.90 Å². The molecule has 0 aliphatic carbocycles. The zero-order valence-electron chi connectivity index (χ0n) is 18.4. The van der Waals surface area contributed by atoms with Crippen molar-refractivity contribution in [3.05, 3.63) is 59.9 Å². The number of hydrogen-bond acceptors (Lipinski definition) is 3. The number of unbranched alkanes of at least 4 members (excludes halogenated alkanes) is 5. The molecule has 0 aliphatic rings. The van der Waals surface area contributed by atoms with Gasteiger partial charge in [-0.1, -0.05) is 57.2 Å². The van der Waals surface area contributed by atoms with E-state index in [1.165, 1.54) is 36.9 Å². The number of nitrogens with zero attached hydrogens (tertiary/aromatic N) is 3. The summed E-state index contributed by atoms with van der Waals surface area (Å²) >= 11 is 0. The van der Waals surface area contributed by atoms with Gasteiger partial charge in [0.1, 0.15) is 0 Å². The third kappa shape index (κ3) is 8.68. The van der Waals surface area contributed by atoms with E-state index in [4.69, 9.17) is 0 Å². The number of benzene rings is 1. The zero-order chi connectivity index (χ0) is 20.9. The molecule has 1 aromatic carbocycles. The second-order valence-electron chi connectivity index (χ2n) is 7.97. The molecule has 29 heavy (non-hydrogen) atoms. The van der Waals surface area contributed by atoms with Crippen LogP contribution in [0.25, 0.3) is 0 Å². The van der Waals surface area contributed by atoms with Gasteiger partial charge in [-0.05, 0) is 36.2 Å². The third-order valence-corrected chi connectivity index (χ3v) is 5.29. The number of carbonyl (C=O) groups excluding carboxylic acids is 1. The van der Waals surface area contributed by atoms with Crippen molar-refractivity contribution in [1.29, 1.82) is 0 Å². The van der Waals surface area contributed by atoms with Gasteiger partial charge in [0.15, 0.2) is 0 Å². The predicted molar refractivity (Wildman–Crippen MR) is 122 cm³/mol. The molecule has 0 saturated carbocycles. The summed E-state index contributed by atoms with van der Waals surface area (Å²) in [5.74, 6) is 0.258. The summed E-state index contributed by atoms with van der Waals surface area (Å²) in [6.07, 6.45) is 10.5. The van der Waals surface area contributed by atoms with Crippen LogP contribution in [0.4, 0.5) is 5.69 Å². The minimum absolute atomic E-state index is 0.258. The average molecular weight is 396 g/mol. The van der Waals surface area contributed by atoms with Crippen LogP contribution in [-0.4, -0.2) is 36.4 Å². The summed E-state index contributed by atoms with van der Waals surface area (Å²) in [5, 5.41) is 0. The molecule has 0 aliphatic heterocycles. The minimum atomic E-state index is 0.258. The molecule has 0 N–H and O–H groups in total. The van der Waals surface area contributed by atoms with Gasteiger partial charge >= 0.3 is 0 Å². The van der Waals surface area contributed by atoms with E-state index in [1.54, 1.807) is 0 Å². The van der Waals surface area contributed by atoms with Crippen molar-refractivity contribution < 1.29 is 4.79 Å². The summed E-state index contributed by atoms with van der Waals surface area (Å²) in [7, 11) is 4.08. The quantitative estimate of drug-likeness (QED) is 0.422. The van der Waals surface area contributed by atoms with Crippen molar-refractivity contribution in [2.45, 2.75) is 64.8 Å². The number of amides is 1. The number of pyridine rings is 1. The summed E-state index contributed by atoms with van der Waals surface area (Å²) in [6, 6.07) is 14.4. The number of aromatic nitrogens is 1. The normalized spacial score (nSPS) is 10.7. The van der Waals surface area contributed by atoms with Gasteiger partial charge in [-0.3, -0.25) is 9.78 Å². The van der Waals surface area contributed by atoms with Crippen LogP contribution in [0.3, 0.4) is 0 Å². The highest BCUT2D eigenvalue weighted by Gasteiger charge is 2.14. The Hall–Kier alpha value is -2.36.